The molecule has 2 aromatic rings. The highest BCUT2D eigenvalue weighted by Crippen LogP contribution is 2.34. The SMILES string of the molecule is CNC(C(=O)N[C@H](C(=O)N(C)C(/C=C(\C)C(=O)N[C@@H](CCCN=C(N)N)C(=O)O)C(C)C)C(C)(C)C)C(C)(C)c1c[nH]c2ccccc12. The van der Waals surface area contributed by atoms with Gasteiger partial charge >= 0.3 is 5.97 Å². The number of hydrogen-bond donors (Lipinski definition) is 7. The van der Waals surface area contributed by atoms with Gasteiger partial charge in [0.1, 0.15) is 12.1 Å². The van der Waals surface area contributed by atoms with Crippen LogP contribution in [0.1, 0.15) is 73.8 Å². The molecule has 0 aliphatic rings. The fraction of sp³-hybridized carbons (Fsp3) is 0.571. The average molecular weight is 669 g/mol. The number of rotatable bonds is 16. The second kappa shape index (κ2) is 16.6. The normalized spacial score (nSPS) is 14.9. The third-order valence-electron chi connectivity index (χ3n) is 8.76. The molecule has 0 fully saturated rings. The number of amides is 3. The van der Waals surface area contributed by atoms with Crippen molar-refractivity contribution in [3.8, 4) is 0 Å². The molecule has 2 unspecified atom stereocenters. The number of para-hydroxylation sites is 1. The van der Waals surface area contributed by atoms with Gasteiger partial charge < -0.3 is 42.4 Å². The minimum atomic E-state index is -1.18. The Morgan fingerprint density at radius 1 is 1.04 bits per heavy atom. The zero-order valence-corrected chi connectivity index (χ0v) is 30.1. The number of benzene rings is 1. The Bertz CT molecular complexity index is 1500. The summed E-state index contributed by atoms with van der Waals surface area (Å²) in [6, 6.07) is 4.68. The van der Waals surface area contributed by atoms with Crippen molar-refractivity contribution in [2.45, 2.75) is 97.8 Å². The molecule has 48 heavy (non-hydrogen) atoms. The van der Waals surface area contributed by atoms with Crippen LogP contribution in [0.5, 0.6) is 0 Å². The van der Waals surface area contributed by atoms with E-state index in [2.05, 4.69) is 25.9 Å². The zero-order valence-electron chi connectivity index (χ0n) is 30.1. The fourth-order valence-electron chi connectivity index (χ4n) is 5.92. The molecule has 1 aromatic carbocycles. The Labute approximate surface area is 284 Å². The number of carboxylic acid groups (broad SMARTS) is 1. The van der Waals surface area contributed by atoms with Crippen LogP contribution < -0.4 is 27.4 Å². The van der Waals surface area contributed by atoms with Crippen LogP contribution in [-0.4, -0.2) is 89.4 Å². The summed E-state index contributed by atoms with van der Waals surface area (Å²) >= 11 is 0. The number of H-pyrrole nitrogens is 1. The van der Waals surface area contributed by atoms with Crippen LogP contribution in [0.2, 0.25) is 0 Å². The first-order valence-electron chi connectivity index (χ1n) is 16.3. The summed E-state index contributed by atoms with van der Waals surface area (Å²) in [6.45, 7) is 15.3. The molecule has 0 saturated carbocycles. The van der Waals surface area contributed by atoms with Crippen molar-refractivity contribution in [2.75, 3.05) is 20.6 Å². The highest BCUT2D eigenvalue weighted by atomic mass is 16.4. The van der Waals surface area contributed by atoms with Crippen molar-refractivity contribution < 1.29 is 24.3 Å². The van der Waals surface area contributed by atoms with Gasteiger partial charge in [0, 0.05) is 41.7 Å². The lowest BCUT2D eigenvalue weighted by molar-refractivity contribution is -0.141. The number of carbonyl (C=O) groups is 4. The number of aromatic amines is 1. The van der Waals surface area contributed by atoms with Gasteiger partial charge in [0.25, 0.3) is 0 Å². The second-order valence-electron chi connectivity index (χ2n) is 14.3. The van der Waals surface area contributed by atoms with Crippen LogP contribution >= 0.6 is 0 Å². The number of aliphatic carboxylic acids is 1. The predicted molar refractivity (Wildman–Crippen MR) is 190 cm³/mol. The average Bonchev–Trinajstić information content (AvgIpc) is 3.43. The number of hydrogen-bond acceptors (Lipinski definition) is 6. The summed E-state index contributed by atoms with van der Waals surface area (Å²) in [7, 11) is 3.38. The van der Waals surface area contributed by atoms with Crippen molar-refractivity contribution in [1.82, 2.24) is 25.8 Å². The van der Waals surface area contributed by atoms with Gasteiger partial charge in [-0.15, -0.1) is 0 Å². The molecular formula is C35H56N8O5. The first-order chi connectivity index (χ1) is 22.2. The Balaban J connectivity index is 2.30. The molecule has 1 aromatic heterocycles. The van der Waals surface area contributed by atoms with Gasteiger partial charge in [0.05, 0.1) is 12.1 Å². The Morgan fingerprint density at radius 2 is 1.67 bits per heavy atom. The summed E-state index contributed by atoms with van der Waals surface area (Å²) < 4.78 is 0. The number of likely N-dealkylation sites (N-methyl/N-ethyl adjacent to an activating group) is 2. The fourth-order valence-corrected chi connectivity index (χ4v) is 5.92. The third kappa shape index (κ3) is 10.1. The predicted octanol–water partition coefficient (Wildman–Crippen LogP) is 2.62. The molecule has 3 amide bonds. The van der Waals surface area contributed by atoms with E-state index < -0.39 is 46.9 Å². The van der Waals surface area contributed by atoms with Crippen LogP contribution in [-0.2, 0) is 24.6 Å². The van der Waals surface area contributed by atoms with E-state index in [4.69, 9.17) is 11.5 Å². The number of guanidine groups is 1. The molecule has 1 heterocycles. The standard InChI is InChI=1S/C35H56N8O5/c1-20(2)26(18-21(3)29(44)41-25(32(47)48)16-13-17-39-33(36)37)43(10)31(46)28(34(4,5)6)42-30(45)27(38-9)35(7,8)23-19-40-24-15-12-11-14-22(23)24/h11-12,14-15,18-20,25-28,38,40H,13,16-17H2,1-10H3,(H,41,44)(H,42,45)(H,47,48)(H4,36,37,39)/b21-18+/t25-,26?,27?,28+/m0/s1. The molecule has 266 valence electrons. The number of aliphatic imine (C=N–C) groups is 1. The lowest BCUT2D eigenvalue weighted by atomic mass is 9.76. The lowest BCUT2D eigenvalue weighted by Gasteiger charge is -2.39. The first-order valence-corrected chi connectivity index (χ1v) is 16.3. The van der Waals surface area contributed by atoms with Crippen molar-refractivity contribution in [2.24, 2.45) is 27.8 Å². The molecule has 0 radical (unpaired) electrons. The summed E-state index contributed by atoms with van der Waals surface area (Å²) in [5, 5.41) is 19.5. The molecular weight excluding hydrogens is 612 g/mol. The van der Waals surface area contributed by atoms with Gasteiger partial charge in [-0.25, -0.2) is 4.79 Å². The van der Waals surface area contributed by atoms with Crippen LogP contribution in [0.25, 0.3) is 10.9 Å². The molecule has 0 spiro atoms. The minimum Gasteiger partial charge on any atom is -0.480 e. The van der Waals surface area contributed by atoms with Gasteiger partial charge in [0.2, 0.25) is 17.7 Å². The molecule has 13 heteroatoms. The summed E-state index contributed by atoms with van der Waals surface area (Å²) in [5.74, 6) is -2.58. The quantitative estimate of drug-likeness (QED) is 0.0611. The van der Waals surface area contributed by atoms with E-state index in [1.54, 1.807) is 32.0 Å². The topological polar surface area (TPSA) is 208 Å². The number of carboxylic acids is 1. The highest BCUT2D eigenvalue weighted by molar-refractivity contribution is 5.96. The largest absolute Gasteiger partial charge is 0.480 e. The Hall–Kier alpha value is -4.39. The van der Waals surface area contributed by atoms with Gasteiger partial charge in [-0.05, 0) is 49.8 Å². The van der Waals surface area contributed by atoms with Crippen LogP contribution in [0.3, 0.4) is 0 Å². The number of nitrogens with two attached hydrogens (primary N) is 2. The van der Waals surface area contributed by atoms with Crippen molar-refractivity contribution in [3.05, 3.63) is 47.7 Å². The van der Waals surface area contributed by atoms with E-state index in [-0.39, 0.29) is 42.2 Å². The maximum Gasteiger partial charge on any atom is 0.326 e. The number of aromatic nitrogens is 1. The van der Waals surface area contributed by atoms with E-state index in [0.717, 1.165) is 16.5 Å². The van der Waals surface area contributed by atoms with Crippen LogP contribution in [0.15, 0.2) is 47.1 Å². The molecule has 0 aliphatic heterocycles. The molecule has 0 saturated heterocycles. The monoisotopic (exact) mass is 668 g/mol. The van der Waals surface area contributed by atoms with Crippen LogP contribution in [0.4, 0.5) is 0 Å². The molecule has 2 rings (SSSR count). The van der Waals surface area contributed by atoms with E-state index in [1.165, 1.54) is 0 Å². The maximum absolute atomic E-state index is 14.2. The Kier molecular flexibility index (Phi) is 13.8. The van der Waals surface area contributed by atoms with Gasteiger partial charge in [0.15, 0.2) is 5.96 Å². The molecule has 0 aliphatic carbocycles. The second-order valence-corrected chi connectivity index (χ2v) is 14.3. The summed E-state index contributed by atoms with van der Waals surface area (Å²) in [4.78, 5) is 61.8. The van der Waals surface area contributed by atoms with E-state index in [0.29, 0.717) is 6.42 Å². The number of nitrogens with zero attached hydrogens (tertiary/aromatic N) is 2. The van der Waals surface area contributed by atoms with Crippen molar-refractivity contribution >= 4 is 40.6 Å². The number of fused-ring (bicyclic) bond motifs is 1. The lowest BCUT2D eigenvalue weighted by Crippen LogP contribution is -2.61. The third-order valence-corrected chi connectivity index (χ3v) is 8.76. The number of carbonyl (C=O) groups excluding carboxylic acids is 3. The molecule has 4 atom stereocenters. The smallest absolute Gasteiger partial charge is 0.326 e. The van der Waals surface area contributed by atoms with E-state index in [9.17, 15) is 24.3 Å². The van der Waals surface area contributed by atoms with E-state index in [1.807, 2.05) is 78.9 Å². The molecule has 13 nitrogen and oxygen atoms in total. The van der Waals surface area contributed by atoms with Crippen molar-refractivity contribution in [3.63, 3.8) is 0 Å². The summed E-state index contributed by atoms with van der Waals surface area (Å²) in [6.07, 6.45) is 4.08. The minimum absolute atomic E-state index is 0.0903. The molecule has 9 N–H and O–H groups in total. The summed E-state index contributed by atoms with van der Waals surface area (Å²) in [5.41, 5.74) is 11.5. The zero-order chi connectivity index (χ0) is 36.6. The van der Waals surface area contributed by atoms with Gasteiger partial charge in [-0.2, -0.15) is 0 Å². The maximum atomic E-state index is 14.2. The van der Waals surface area contributed by atoms with Crippen molar-refractivity contribution in [1.29, 1.82) is 0 Å². The Morgan fingerprint density at radius 3 is 2.21 bits per heavy atom. The first kappa shape index (κ1) is 39.8. The highest BCUT2D eigenvalue weighted by Gasteiger charge is 2.42. The molecule has 0 bridgehead atoms. The van der Waals surface area contributed by atoms with Gasteiger partial charge in [-0.1, -0.05) is 72.7 Å². The van der Waals surface area contributed by atoms with Gasteiger partial charge in [-0.3, -0.25) is 19.4 Å². The van der Waals surface area contributed by atoms with Crippen LogP contribution in [0, 0.1) is 11.3 Å². The number of nitrogens with one attached hydrogen (secondary N) is 4. The van der Waals surface area contributed by atoms with E-state index >= 15 is 0 Å².